The lowest BCUT2D eigenvalue weighted by Crippen LogP contribution is -2.31. The summed E-state index contributed by atoms with van der Waals surface area (Å²) >= 11 is 0. The monoisotopic (exact) mass is 459 g/mol. The highest BCUT2D eigenvalue weighted by molar-refractivity contribution is 7.71. The molecule has 26 heavy (non-hydrogen) atoms. The van der Waals surface area contributed by atoms with E-state index in [1.54, 1.807) is 0 Å². The van der Waals surface area contributed by atoms with Gasteiger partial charge < -0.3 is 49.4 Å². The van der Waals surface area contributed by atoms with Crippen molar-refractivity contribution in [2.75, 3.05) is 0 Å². The number of aromatic nitrogens is 1. The van der Waals surface area contributed by atoms with E-state index in [9.17, 15) is 28.5 Å². The summed E-state index contributed by atoms with van der Waals surface area (Å²) in [5.41, 5.74) is -3.20. The molecule has 10 N–H and O–H groups in total. The summed E-state index contributed by atoms with van der Waals surface area (Å²) in [6.07, 6.45) is 0. The minimum atomic E-state index is -6.12. The van der Waals surface area contributed by atoms with Crippen LogP contribution in [0.5, 0.6) is 0 Å². The summed E-state index contributed by atoms with van der Waals surface area (Å²) in [7, 11) is -24.5. The Morgan fingerprint density at radius 3 is 1.04 bits per heavy atom. The van der Waals surface area contributed by atoms with Gasteiger partial charge >= 0.3 is 40.5 Å². The number of nitrogens with zero attached hydrogens (tertiary/aromatic N) is 1. The predicted octanol–water partition coefficient (Wildman–Crippen LogP) is -2.00. The summed E-state index contributed by atoms with van der Waals surface area (Å²) in [6.45, 7) is 0. The molecular weight excluding hydrogens is 446 g/mol. The number of aliphatic hydroxyl groups is 2. The Labute approximate surface area is 143 Å². The van der Waals surface area contributed by atoms with Crippen LogP contribution in [0.2, 0.25) is 0 Å². The molecule has 0 unspecified atom stereocenters. The highest BCUT2D eigenvalue weighted by atomic mass is 31.2. The lowest BCUT2D eigenvalue weighted by atomic mass is 10.3. The zero-order valence-corrected chi connectivity index (χ0v) is 15.7. The molecule has 0 amide bonds. The van der Waals surface area contributed by atoms with Crippen molar-refractivity contribution in [3.05, 3.63) is 29.6 Å². The van der Waals surface area contributed by atoms with Crippen LogP contribution in [0.3, 0.4) is 0 Å². The van der Waals surface area contributed by atoms with Gasteiger partial charge in [-0.25, -0.2) is 4.98 Å². The first-order valence-electron chi connectivity index (χ1n) is 5.86. The number of hydrogen-bond donors (Lipinski definition) is 10. The fourth-order valence-electron chi connectivity index (χ4n) is 1.74. The van der Waals surface area contributed by atoms with E-state index in [1.165, 1.54) is 0 Å². The maximum absolute atomic E-state index is 11.4. The molecule has 0 saturated heterocycles. The van der Waals surface area contributed by atoms with Crippen LogP contribution in [0, 0.1) is 0 Å². The number of hydrogen-bond acceptors (Lipinski definition) is 7. The van der Waals surface area contributed by atoms with Gasteiger partial charge in [-0.05, 0) is 12.1 Å². The molecule has 1 aromatic rings. The van der Waals surface area contributed by atoms with Gasteiger partial charge in [0.15, 0.2) is 0 Å². The lowest BCUT2D eigenvalue weighted by molar-refractivity contribution is 0.118. The molecule has 0 radical (unpaired) electrons. The van der Waals surface area contributed by atoms with E-state index in [0.717, 1.165) is 0 Å². The molecule has 0 spiro atoms. The minimum Gasteiger partial charge on any atom is -0.363 e. The number of pyridine rings is 1. The van der Waals surface area contributed by atoms with Gasteiger partial charge in [-0.15, -0.1) is 0 Å². The van der Waals surface area contributed by atoms with Gasteiger partial charge in [0.1, 0.15) is 0 Å². The van der Waals surface area contributed by atoms with Crippen molar-refractivity contribution in [1.82, 2.24) is 4.98 Å². The van der Waals surface area contributed by atoms with Crippen molar-refractivity contribution >= 4 is 30.4 Å². The third-order valence-electron chi connectivity index (χ3n) is 3.06. The summed E-state index contributed by atoms with van der Waals surface area (Å²) < 4.78 is 45.6. The first-order chi connectivity index (χ1) is 11.2. The molecule has 0 aliphatic heterocycles. The molecular formula is C7H13NO14P4. The Morgan fingerprint density at radius 1 is 0.615 bits per heavy atom. The maximum Gasteiger partial charge on any atom is 0.375 e. The normalized spacial score (nSPS) is 15.2. The standard InChI is InChI=1S/C7H13NO14P4/c9-6(23(11,12)13,24(14,15)16)4-2-1-3-5(8-4)7(10,25(17,18)19)26(20,21)22/h1-3,9-10H,(H2,11,12,13)(H2,14,15,16)(H2,17,18,19)(H2,20,21,22). The minimum absolute atomic E-state index is 0.390. The van der Waals surface area contributed by atoms with Crippen LogP contribution in [-0.2, 0) is 28.4 Å². The van der Waals surface area contributed by atoms with E-state index >= 15 is 0 Å². The Hall–Kier alpha value is -0.330. The third-order valence-corrected chi connectivity index (χ3v) is 10.4. The largest absolute Gasteiger partial charge is 0.375 e. The molecule has 0 bridgehead atoms. The zero-order chi connectivity index (χ0) is 21.0. The molecule has 0 aromatic carbocycles. The Balaban J connectivity index is 3.92. The van der Waals surface area contributed by atoms with Crippen molar-refractivity contribution in [3.63, 3.8) is 0 Å². The van der Waals surface area contributed by atoms with Crippen LogP contribution in [0.25, 0.3) is 0 Å². The van der Waals surface area contributed by atoms with Gasteiger partial charge in [0.2, 0.25) is 0 Å². The average molecular weight is 459 g/mol. The quantitative estimate of drug-likeness (QED) is 0.206. The predicted molar refractivity (Wildman–Crippen MR) is 80.2 cm³/mol. The third kappa shape index (κ3) is 3.66. The van der Waals surface area contributed by atoms with Gasteiger partial charge in [0.05, 0.1) is 11.4 Å². The molecule has 15 nitrogen and oxygen atoms in total. The van der Waals surface area contributed by atoms with Crippen molar-refractivity contribution in [1.29, 1.82) is 0 Å². The Morgan fingerprint density at radius 2 is 0.846 bits per heavy atom. The SMILES string of the molecule is O=P(O)(O)C(O)(c1cccc(C(O)(P(=O)(O)O)P(=O)(O)O)n1)P(=O)(O)O. The fraction of sp³-hybridized carbons (Fsp3) is 0.286. The summed E-state index contributed by atoms with van der Waals surface area (Å²) in [5, 5.41) is 11.1. The van der Waals surface area contributed by atoms with Crippen molar-refractivity contribution < 1.29 is 67.6 Å². The topological polar surface area (TPSA) is 283 Å². The first kappa shape index (κ1) is 23.7. The van der Waals surface area contributed by atoms with Crippen molar-refractivity contribution in [3.8, 4) is 0 Å². The van der Waals surface area contributed by atoms with Crippen LogP contribution in [0.4, 0.5) is 0 Å². The van der Waals surface area contributed by atoms with E-state index in [-0.39, 0.29) is 0 Å². The van der Waals surface area contributed by atoms with Gasteiger partial charge in [-0.2, -0.15) is 0 Å². The maximum atomic E-state index is 11.4. The molecule has 0 aliphatic rings. The van der Waals surface area contributed by atoms with Crippen LogP contribution in [0.15, 0.2) is 18.2 Å². The van der Waals surface area contributed by atoms with Crippen LogP contribution in [-0.4, -0.2) is 54.3 Å². The van der Waals surface area contributed by atoms with Crippen LogP contribution in [0.1, 0.15) is 11.4 Å². The van der Waals surface area contributed by atoms with Crippen molar-refractivity contribution in [2.24, 2.45) is 0 Å². The van der Waals surface area contributed by atoms with Crippen LogP contribution >= 0.6 is 30.4 Å². The van der Waals surface area contributed by atoms with E-state index in [2.05, 4.69) is 4.98 Å². The summed E-state index contributed by atoms with van der Waals surface area (Å²) in [6, 6.07) is 1.31. The summed E-state index contributed by atoms with van der Waals surface area (Å²) in [4.78, 5) is 75.7. The van der Waals surface area contributed by atoms with E-state index < -0.39 is 51.9 Å². The molecule has 19 heteroatoms. The van der Waals surface area contributed by atoms with Gasteiger partial charge in [0, 0.05) is 0 Å². The average Bonchev–Trinajstić information content (AvgIpc) is 2.40. The van der Waals surface area contributed by atoms with Crippen molar-refractivity contribution in [2.45, 2.75) is 10.2 Å². The second kappa shape index (κ2) is 6.63. The Bertz CT molecular complexity index is 775. The lowest BCUT2D eigenvalue weighted by Gasteiger charge is -2.31. The van der Waals surface area contributed by atoms with Crippen LogP contribution < -0.4 is 0 Å². The van der Waals surface area contributed by atoms with Gasteiger partial charge in [0.25, 0.3) is 0 Å². The summed E-state index contributed by atoms with van der Waals surface area (Å²) in [5.74, 6) is 0. The first-order valence-corrected chi connectivity index (χ1v) is 12.3. The van der Waals surface area contributed by atoms with Gasteiger partial charge in [-0.1, -0.05) is 6.07 Å². The second-order valence-corrected chi connectivity index (χ2v) is 12.5. The van der Waals surface area contributed by atoms with E-state index in [0.29, 0.717) is 18.2 Å². The fourth-order valence-corrected chi connectivity index (χ4v) is 6.15. The molecule has 0 atom stereocenters. The molecule has 1 aromatic heterocycles. The number of rotatable bonds is 6. The molecule has 0 saturated carbocycles. The smallest absolute Gasteiger partial charge is 0.363 e. The van der Waals surface area contributed by atoms with Gasteiger partial charge in [-0.3, -0.25) is 18.3 Å². The Kier molecular flexibility index (Phi) is 6.04. The highest BCUT2D eigenvalue weighted by Gasteiger charge is 2.65. The molecule has 1 rings (SSSR count). The molecule has 0 aliphatic carbocycles. The zero-order valence-electron chi connectivity index (χ0n) is 12.1. The molecule has 0 fully saturated rings. The molecule has 150 valence electrons. The van der Waals surface area contributed by atoms with E-state index in [1.807, 2.05) is 0 Å². The second-order valence-electron chi connectivity index (χ2n) is 4.86. The molecule has 1 heterocycles. The van der Waals surface area contributed by atoms with E-state index in [4.69, 9.17) is 39.1 Å². The highest BCUT2D eigenvalue weighted by Crippen LogP contribution is 2.74.